The van der Waals surface area contributed by atoms with Gasteiger partial charge in [-0.25, -0.2) is 14.2 Å². The molecule has 17 heteroatoms. The van der Waals surface area contributed by atoms with Gasteiger partial charge in [-0.05, 0) is 64.3 Å². The second-order valence-corrected chi connectivity index (χ2v) is 14.1. The maximum atomic E-state index is 14.9. The van der Waals surface area contributed by atoms with Crippen LogP contribution in [0.5, 0.6) is 5.88 Å². The van der Waals surface area contributed by atoms with Crippen LogP contribution >= 0.6 is 0 Å². The number of hydrogen-bond donors (Lipinski definition) is 1. The van der Waals surface area contributed by atoms with E-state index in [2.05, 4.69) is 20.5 Å². The summed E-state index contributed by atoms with van der Waals surface area (Å²) in [6, 6.07) is 3.64. The van der Waals surface area contributed by atoms with Crippen LogP contribution in [-0.4, -0.2) is 79.3 Å². The molecule has 2 fully saturated rings. The number of carbonyl (C=O) groups excluding carboxylic acids is 2. The molecule has 270 valence electrons. The van der Waals surface area contributed by atoms with E-state index in [-0.39, 0.29) is 41.5 Å². The Bertz CT molecular complexity index is 2110. The Morgan fingerprint density at radius 2 is 1.76 bits per heavy atom. The molecule has 2 unspecified atom stereocenters. The number of ether oxygens (including phenoxy) is 2. The summed E-state index contributed by atoms with van der Waals surface area (Å²) in [5.41, 5.74) is -1.33. The topological polar surface area (TPSA) is 137 Å². The van der Waals surface area contributed by atoms with Crippen LogP contribution in [0.4, 0.5) is 33.7 Å². The molecule has 1 saturated carbocycles. The van der Waals surface area contributed by atoms with Crippen molar-refractivity contribution < 1.29 is 36.6 Å². The summed E-state index contributed by atoms with van der Waals surface area (Å²) < 4.78 is 67.0. The number of nitrogens with zero attached hydrogens (tertiary/aromatic N) is 7. The number of halogens is 4. The third-order valence-electron chi connectivity index (χ3n) is 9.63. The number of rotatable bonds is 5. The minimum absolute atomic E-state index is 0.0254. The van der Waals surface area contributed by atoms with Crippen LogP contribution in [-0.2, 0) is 15.7 Å². The summed E-state index contributed by atoms with van der Waals surface area (Å²) in [5.74, 6) is -2.05. The van der Waals surface area contributed by atoms with E-state index in [0.717, 1.165) is 6.07 Å². The van der Waals surface area contributed by atoms with E-state index in [0.29, 0.717) is 55.1 Å². The number of hydrogen-bond acceptors (Lipinski definition) is 9. The Balaban J connectivity index is 1.33. The minimum atomic E-state index is -4.76. The Kier molecular flexibility index (Phi) is 8.21. The lowest BCUT2D eigenvalue weighted by Gasteiger charge is -2.54. The number of nitrogens with one attached hydrogen (secondary N) is 1. The molecule has 3 aliphatic rings. The van der Waals surface area contributed by atoms with Crippen molar-refractivity contribution in [2.45, 2.75) is 82.8 Å². The standard InChI is InChI=1S/C34H36F4N8O5/c1-17-14-24(31(48)40-21-7-6-18(15-20(21)35)34(36,37)38)45-27(17)28(43-12-13-44(23-9-8-22(23)43)32(49)51-33(2,3)4)29(47)26-30(45)42-46(41-26)19-10-11-39-25(16-19)50-5/h6-7,10-11,15-17,22-24H,8-9,12-14H2,1-5H3,(H,40,48)/t17?,22-,23-,24?/m0/s1. The number of fused-ring (bicyclic) bond motifs is 4. The van der Waals surface area contributed by atoms with Gasteiger partial charge in [0.15, 0.2) is 11.2 Å². The van der Waals surface area contributed by atoms with E-state index >= 15 is 0 Å². The van der Waals surface area contributed by atoms with Gasteiger partial charge in [0.1, 0.15) is 23.1 Å². The monoisotopic (exact) mass is 712 g/mol. The molecule has 7 rings (SSSR count). The van der Waals surface area contributed by atoms with Crippen molar-refractivity contribution in [1.82, 2.24) is 29.4 Å². The Labute approximate surface area is 289 Å². The Hall–Kier alpha value is -5.22. The van der Waals surface area contributed by atoms with Gasteiger partial charge in [-0.2, -0.15) is 13.2 Å². The number of alkyl halides is 3. The van der Waals surface area contributed by atoms with E-state index in [1.807, 2.05) is 11.8 Å². The molecule has 0 radical (unpaired) electrons. The van der Waals surface area contributed by atoms with E-state index in [4.69, 9.17) is 9.47 Å². The molecule has 1 aromatic carbocycles. The average molecular weight is 713 g/mol. The fourth-order valence-corrected chi connectivity index (χ4v) is 7.23. The predicted molar refractivity (Wildman–Crippen MR) is 177 cm³/mol. The number of pyridine rings is 2. The highest BCUT2D eigenvalue weighted by Crippen LogP contribution is 2.45. The van der Waals surface area contributed by atoms with Gasteiger partial charge < -0.3 is 29.2 Å². The molecular weight excluding hydrogens is 676 g/mol. The summed E-state index contributed by atoms with van der Waals surface area (Å²) in [6.45, 7) is 7.86. The van der Waals surface area contributed by atoms with Crippen molar-refractivity contribution in [3.05, 3.63) is 63.8 Å². The first kappa shape index (κ1) is 34.2. The fraction of sp³-hybridized carbons (Fsp3) is 0.471. The molecule has 13 nitrogen and oxygen atoms in total. The summed E-state index contributed by atoms with van der Waals surface area (Å²) >= 11 is 0. The van der Waals surface area contributed by atoms with E-state index in [1.165, 1.54) is 18.1 Å². The molecule has 3 aromatic heterocycles. The van der Waals surface area contributed by atoms with E-state index in [1.54, 1.807) is 42.4 Å². The number of aromatic nitrogens is 5. The van der Waals surface area contributed by atoms with Crippen LogP contribution in [0.25, 0.3) is 16.9 Å². The van der Waals surface area contributed by atoms with Crippen molar-refractivity contribution in [3.8, 4) is 11.6 Å². The molecule has 0 bridgehead atoms. The lowest BCUT2D eigenvalue weighted by molar-refractivity contribution is -0.137. The Morgan fingerprint density at radius 1 is 1.02 bits per heavy atom. The van der Waals surface area contributed by atoms with Gasteiger partial charge in [0, 0.05) is 37.3 Å². The molecule has 2 amide bonds. The van der Waals surface area contributed by atoms with E-state index < -0.39 is 52.3 Å². The number of anilines is 2. The zero-order valence-corrected chi connectivity index (χ0v) is 28.5. The number of piperazine rings is 1. The first-order valence-corrected chi connectivity index (χ1v) is 16.6. The zero-order chi connectivity index (χ0) is 36.6. The molecule has 0 spiro atoms. The maximum absolute atomic E-state index is 14.9. The first-order chi connectivity index (χ1) is 24.1. The second-order valence-electron chi connectivity index (χ2n) is 14.1. The zero-order valence-electron chi connectivity index (χ0n) is 28.5. The lowest BCUT2D eigenvalue weighted by atomic mass is 9.81. The predicted octanol–water partition coefficient (Wildman–Crippen LogP) is 5.42. The van der Waals surface area contributed by atoms with Crippen LogP contribution < -0.4 is 20.4 Å². The summed E-state index contributed by atoms with van der Waals surface area (Å²) in [7, 11) is 1.45. The van der Waals surface area contributed by atoms with Gasteiger partial charge in [0.25, 0.3) is 0 Å². The highest BCUT2D eigenvalue weighted by Gasteiger charge is 2.49. The maximum Gasteiger partial charge on any atom is 0.416 e. The SMILES string of the molecule is COc1cc(-n2nc3c(=O)c(N4CCN(C(=O)OC(C)(C)C)[C@H]5CC[C@@H]54)c4n(c3n2)C(C(=O)Nc2ccc(C(F)(F)F)cc2F)CC4C)ccn1. The van der Waals surface area contributed by atoms with Crippen molar-refractivity contribution in [1.29, 1.82) is 0 Å². The lowest BCUT2D eigenvalue weighted by Crippen LogP contribution is -2.67. The molecule has 2 aliphatic heterocycles. The van der Waals surface area contributed by atoms with Gasteiger partial charge in [-0.3, -0.25) is 9.59 Å². The smallest absolute Gasteiger partial charge is 0.416 e. The van der Waals surface area contributed by atoms with Crippen molar-refractivity contribution >= 4 is 34.5 Å². The molecule has 1 saturated heterocycles. The van der Waals surface area contributed by atoms with Crippen LogP contribution in [0.15, 0.2) is 41.3 Å². The quantitative estimate of drug-likeness (QED) is 0.269. The molecule has 1 N–H and O–H groups in total. The van der Waals surface area contributed by atoms with Gasteiger partial charge in [-0.1, -0.05) is 6.92 Å². The van der Waals surface area contributed by atoms with Crippen LogP contribution in [0, 0.1) is 5.82 Å². The highest BCUT2D eigenvalue weighted by atomic mass is 19.4. The third-order valence-corrected chi connectivity index (χ3v) is 9.63. The largest absolute Gasteiger partial charge is 0.481 e. The van der Waals surface area contributed by atoms with Gasteiger partial charge in [0.2, 0.25) is 17.2 Å². The molecule has 4 aromatic rings. The number of carbonyl (C=O) groups is 2. The van der Waals surface area contributed by atoms with Crippen LogP contribution in [0.3, 0.4) is 0 Å². The molecule has 51 heavy (non-hydrogen) atoms. The fourth-order valence-electron chi connectivity index (χ4n) is 7.23. The van der Waals surface area contributed by atoms with Crippen molar-refractivity contribution in [3.63, 3.8) is 0 Å². The highest BCUT2D eigenvalue weighted by molar-refractivity contribution is 5.96. The molecule has 1 aliphatic carbocycles. The van der Waals surface area contributed by atoms with Crippen molar-refractivity contribution in [2.75, 3.05) is 30.4 Å². The molecular formula is C34H36F4N8O5. The molecule has 5 heterocycles. The minimum Gasteiger partial charge on any atom is -0.481 e. The second kappa shape index (κ2) is 12.2. The van der Waals surface area contributed by atoms with Crippen molar-refractivity contribution in [2.24, 2.45) is 0 Å². The summed E-state index contributed by atoms with van der Waals surface area (Å²) in [5, 5.41) is 11.7. The number of amides is 2. The molecule has 4 atom stereocenters. The third kappa shape index (κ3) is 6.01. The summed E-state index contributed by atoms with van der Waals surface area (Å²) in [6.07, 6.45) is -2.10. The van der Waals surface area contributed by atoms with Gasteiger partial charge >= 0.3 is 12.3 Å². The van der Waals surface area contributed by atoms with Crippen LogP contribution in [0.1, 0.15) is 70.2 Å². The average Bonchev–Trinajstić information content (AvgIpc) is 3.63. The Morgan fingerprint density at radius 3 is 2.41 bits per heavy atom. The van der Waals surface area contributed by atoms with Gasteiger partial charge in [0.05, 0.1) is 35.8 Å². The van der Waals surface area contributed by atoms with Crippen LogP contribution in [0.2, 0.25) is 0 Å². The first-order valence-electron chi connectivity index (χ1n) is 16.6. The van der Waals surface area contributed by atoms with Gasteiger partial charge in [-0.15, -0.1) is 15.0 Å². The normalized spacial score (nSPS) is 21.6. The summed E-state index contributed by atoms with van der Waals surface area (Å²) in [4.78, 5) is 50.7. The number of benzene rings is 1. The number of methoxy groups -OCH3 is 1. The van der Waals surface area contributed by atoms with E-state index in [9.17, 15) is 31.9 Å².